The molecule has 0 unspecified atom stereocenters. The molecule has 0 radical (unpaired) electrons. The summed E-state index contributed by atoms with van der Waals surface area (Å²) in [4.78, 5) is 0. The lowest BCUT2D eigenvalue weighted by molar-refractivity contribution is 0.566. The van der Waals surface area contributed by atoms with Gasteiger partial charge in [-0.3, -0.25) is 0 Å². The van der Waals surface area contributed by atoms with E-state index in [9.17, 15) is 0 Å². The highest BCUT2D eigenvalue weighted by Gasteiger charge is 2.35. The molecule has 0 amide bonds. The Morgan fingerprint density at radius 1 is 0.200 bits per heavy atom. The summed E-state index contributed by atoms with van der Waals surface area (Å²) in [6, 6.07) is 0. The predicted octanol–water partition coefficient (Wildman–Crippen LogP) is 8.83. The quantitative estimate of drug-likeness (QED) is 0.375. The molecule has 0 aromatic rings. The molecule has 0 nitrogen and oxygen atoms in total. The molecule has 1 spiro atoms. The Kier molecular flexibility index (Phi) is 12.6. The molecule has 0 aromatic carbocycles. The largest absolute Gasteiger partial charge is 0.0594 e. The summed E-state index contributed by atoms with van der Waals surface area (Å²) >= 11 is 0. The van der Waals surface area contributed by atoms with Crippen LogP contribution in [0.1, 0.15) is 128 Å². The lowest BCUT2D eigenvalue weighted by Gasteiger charge is -2.28. The van der Waals surface area contributed by atoms with Gasteiger partial charge in [-0.15, -0.1) is 0 Å². The van der Waals surface area contributed by atoms with Crippen molar-refractivity contribution in [3.05, 3.63) is 0 Å². The monoisotopic (exact) mass is 367 g/mol. The third kappa shape index (κ3) is 10.4. The first-order chi connectivity index (χ1) is 12.4. The van der Waals surface area contributed by atoms with Gasteiger partial charge in [0.15, 0.2) is 0 Å². The van der Waals surface area contributed by atoms with Crippen LogP contribution in [0.15, 0.2) is 0 Å². The smallest absolute Gasteiger partial charge is 0.0533 e. The maximum Gasteiger partial charge on any atom is 0.0594 e. The highest BCUT2D eigenvalue weighted by Crippen LogP contribution is 2.61. The van der Waals surface area contributed by atoms with Gasteiger partial charge in [0, 0.05) is 7.26 Å². The van der Waals surface area contributed by atoms with Crippen molar-refractivity contribution in [1.82, 2.24) is 0 Å². The van der Waals surface area contributed by atoms with Crippen molar-refractivity contribution in [3.63, 3.8) is 0 Å². The standard InChI is InChI=1S/C24H48P/c1-2-6-10-14-18-22-25(21-17-13-9-5-1)23-19-15-11-7-3-4-8-12-16-20-24-25/h1-24H2/q+1. The van der Waals surface area contributed by atoms with Gasteiger partial charge in [0.2, 0.25) is 0 Å². The van der Waals surface area contributed by atoms with Gasteiger partial charge in [-0.05, 0) is 51.4 Å². The van der Waals surface area contributed by atoms with Crippen LogP contribution in [0.2, 0.25) is 0 Å². The third-order valence-electron chi connectivity index (χ3n) is 7.03. The molecule has 2 aliphatic rings. The van der Waals surface area contributed by atoms with Crippen molar-refractivity contribution >= 4 is 7.26 Å². The lowest BCUT2D eigenvalue weighted by atomic mass is 10.1. The Balaban J connectivity index is 1.90. The number of hydrogen-bond acceptors (Lipinski definition) is 0. The lowest BCUT2D eigenvalue weighted by Crippen LogP contribution is -2.13. The molecule has 0 atom stereocenters. The molecule has 1 heteroatoms. The van der Waals surface area contributed by atoms with Crippen LogP contribution in [0, 0.1) is 0 Å². The molecule has 2 heterocycles. The van der Waals surface area contributed by atoms with E-state index in [-0.39, 0.29) is 0 Å². The fourth-order valence-corrected chi connectivity index (χ4v) is 10.2. The number of hydrogen-bond donors (Lipinski definition) is 0. The van der Waals surface area contributed by atoms with Crippen LogP contribution < -0.4 is 0 Å². The first-order valence-corrected chi connectivity index (χ1v) is 14.8. The summed E-state index contributed by atoms with van der Waals surface area (Å²) < 4.78 is 0. The van der Waals surface area contributed by atoms with Crippen molar-refractivity contribution in [2.45, 2.75) is 128 Å². The first kappa shape index (κ1) is 21.7. The van der Waals surface area contributed by atoms with E-state index in [0.717, 1.165) is 0 Å². The average Bonchev–Trinajstić information content (AvgIpc) is 2.66. The summed E-state index contributed by atoms with van der Waals surface area (Å²) in [5.74, 6) is 0. The van der Waals surface area contributed by atoms with E-state index in [1.165, 1.54) is 77.0 Å². The normalized spacial score (nSPS) is 26.9. The molecule has 0 saturated carbocycles. The number of rotatable bonds is 0. The minimum Gasteiger partial charge on any atom is -0.0533 e. The van der Waals surface area contributed by atoms with Crippen molar-refractivity contribution in [2.75, 3.05) is 24.6 Å². The summed E-state index contributed by atoms with van der Waals surface area (Å²) in [7, 11) is -0.616. The average molecular weight is 368 g/mol. The Labute approximate surface area is 160 Å². The zero-order valence-corrected chi connectivity index (χ0v) is 18.3. The van der Waals surface area contributed by atoms with Crippen molar-refractivity contribution in [2.24, 2.45) is 0 Å². The van der Waals surface area contributed by atoms with Gasteiger partial charge >= 0.3 is 0 Å². The Bertz CT molecular complexity index is 237. The van der Waals surface area contributed by atoms with Crippen molar-refractivity contribution in [3.8, 4) is 0 Å². The highest BCUT2D eigenvalue weighted by molar-refractivity contribution is 7.75. The topological polar surface area (TPSA) is 0 Å². The second-order valence-electron chi connectivity index (χ2n) is 9.31. The zero-order valence-electron chi connectivity index (χ0n) is 17.4. The zero-order chi connectivity index (χ0) is 17.5. The van der Waals surface area contributed by atoms with E-state index in [4.69, 9.17) is 0 Å². The molecule has 25 heavy (non-hydrogen) atoms. The molecular formula is C24H48P+. The molecule has 0 N–H and O–H groups in total. The molecule has 0 aromatic heterocycles. The second kappa shape index (κ2) is 14.5. The van der Waals surface area contributed by atoms with Crippen LogP contribution in [-0.4, -0.2) is 24.6 Å². The molecular weight excluding hydrogens is 319 g/mol. The molecule has 148 valence electrons. The summed E-state index contributed by atoms with van der Waals surface area (Å²) in [5, 5.41) is 0. The van der Waals surface area contributed by atoms with Gasteiger partial charge in [0.25, 0.3) is 0 Å². The fraction of sp³-hybridized carbons (Fsp3) is 1.00. The third-order valence-corrected chi connectivity index (χ3v) is 12.1. The molecule has 0 aliphatic carbocycles. The predicted molar refractivity (Wildman–Crippen MR) is 119 cm³/mol. The van der Waals surface area contributed by atoms with Gasteiger partial charge in [-0.1, -0.05) is 77.0 Å². The van der Waals surface area contributed by atoms with E-state index < -0.39 is 7.26 Å². The maximum atomic E-state index is 1.67. The van der Waals surface area contributed by atoms with E-state index >= 15 is 0 Å². The minimum atomic E-state index is -0.616. The first-order valence-electron chi connectivity index (χ1n) is 12.3. The van der Waals surface area contributed by atoms with Crippen LogP contribution in [0.3, 0.4) is 0 Å². The van der Waals surface area contributed by atoms with Gasteiger partial charge in [-0.25, -0.2) is 0 Å². The minimum absolute atomic E-state index is 0.616. The van der Waals surface area contributed by atoms with Crippen LogP contribution in [0.25, 0.3) is 0 Å². The molecule has 0 bridgehead atoms. The van der Waals surface area contributed by atoms with E-state index in [0.29, 0.717) is 0 Å². The van der Waals surface area contributed by atoms with Crippen molar-refractivity contribution in [1.29, 1.82) is 0 Å². The van der Waals surface area contributed by atoms with E-state index in [1.807, 2.05) is 0 Å². The molecule has 2 fully saturated rings. The highest BCUT2D eigenvalue weighted by atomic mass is 31.2. The Hall–Kier alpha value is 0.430. The van der Waals surface area contributed by atoms with Crippen molar-refractivity contribution < 1.29 is 0 Å². The SMILES string of the molecule is C1CCCCCC[P+]2(CCCCC1)CCCCCCCCCCCC2. The van der Waals surface area contributed by atoms with Crippen LogP contribution in [0.4, 0.5) is 0 Å². The Morgan fingerprint density at radius 2 is 0.360 bits per heavy atom. The van der Waals surface area contributed by atoms with Crippen LogP contribution >= 0.6 is 7.26 Å². The summed E-state index contributed by atoms with van der Waals surface area (Å²) in [5.41, 5.74) is 0. The summed E-state index contributed by atoms with van der Waals surface area (Å²) in [6.45, 7) is 0. The molecule has 2 rings (SSSR count). The molecule has 2 saturated heterocycles. The van der Waals surface area contributed by atoms with Gasteiger partial charge < -0.3 is 0 Å². The van der Waals surface area contributed by atoms with Crippen LogP contribution in [-0.2, 0) is 0 Å². The van der Waals surface area contributed by atoms with E-state index in [1.54, 1.807) is 76.0 Å². The van der Waals surface area contributed by atoms with Crippen LogP contribution in [0.5, 0.6) is 0 Å². The van der Waals surface area contributed by atoms with E-state index in [2.05, 4.69) is 0 Å². The van der Waals surface area contributed by atoms with Gasteiger partial charge in [-0.2, -0.15) is 0 Å². The fourth-order valence-electron chi connectivity index (χ4n) is 5.29. The van der Waals surface area contributed by atoms with Gasteiger partial charge in [0.1, 0.15) is 0 Å². The second-order valence-corrected chi connectivity index (χ2v) is 13.8. The Morgan fingerprint density at radius 3 is 0.560 bits per heavy atom. The van der Waals surface area contributed by atoms with Gasteiger partial charge in [0.05, 0.1) is 24.6 Å². The molecule has 2 aliphatic heterocycles. The maximum absolute atomic E-state index is 1.67. The summed E-state index contributed by atoms with van der Waals surface area (Å²) in [6.07, 6.45) is 37.4.